The fourth-order valence-corrected chi connectivity index (χ4v) is 1.82. The molecule has 0 atom stereocenters. The summed E-state index contributed by atoms with van der Waals surface area (Å²) < 4.78 is 35.4. The zero-order chi connectivity index (χ0) is 16.1. The third-order valence-corrected chi connectivity index (χ3v) is 2.93. The zero-order valence-corrected chi connectivity index (χ0v) is 12.0. The SMILES string of the molecule is COc1cc(C(=O)/C=C/c2ccnn2C)ccc1OC(F)F. The smallest absolute Gasteiger partial charge is 0.387 e. The Labute approximate surface area is 125 Å². The van der Waals surface area contributed by atoms with Gasteiger partial charge in [0.15, 0.2) is 17.3 Å². The number of ketones is 1. The molecule has 0 fully saturated rings. The molecule has 0 N–H and O–H groups in total. The Kier molecular flexibility index (Phi) is 4.88. The third kappa shape index (κ3) is 3.69. The molecular formula is C15H14F2N2O3. The second-order valence-corrected chi connectivity index (χ2v) is 4.32. The molecule has 0 bridgehead atoms. The van der Waals surface area contributed by atoms with Gasteiger partial charge in [-0.15, -0.1) is 0 Å². The molecule has 2 rings (SSSR count). The Balaban J connectivity index is 2.20. The van der Waals surface area contributed by atoms with Crippen LogP contribution in [-0.4, -0.2) is 29.3 Å². The van der Waals surface area contributed by atoms with Crippen LogP contribution < -0.4 is 9.47 Å². The van der Waals surface area contributed by atoms with Gasteiger partial charge in [-0.2, -0.15) is 13.9 Å². The number of carbonyl (C=O) groups excluding carboxylic acids is 1. The average molecular weight is 308 g/mol. The van der Waals surface area contributed by atoms with Crippen LogP contribution in [0.3, 0.4) is 0 Å². The monoisotopic (exact) mass is 308 g/mol. The summed E-state index contributed by atoms with van der Waals surface area (Å²) in [5.74, 6) is -0.340. The van der Waals surface area contributed by atoms with E-state index in [0.717, 1.165) is 5.69 Å². The molecule has 2 aromatic rings. The van der Waals surface area contributed by atoms with Crippen molar-refractivity contribution in [2.75, 3.05) is 7.11 Å². The summed E-state index contributed by atoms with van der Waals surface area (Å²) in [7, 11) is 3.07. The van der Waals surface area contributed by atoms with Crippen molar-refractivity contribution in [3.63, 3.8) is 0 Å². The highest BCUT2D eigenvalue weighted by atomic mass is 19.3. The number of aryl methyl sites for hydroxylation is 1. The van der Waals surface area contributed by atoms with E-state index in [1.165, 1.54) is 31.4 Å². The summed E-state index contributed by atoms with van der Waals surface area (Å²) in [5, 5.41) is 3.98. The Hall–Kier alpha value is -2.70. The number of halogens is 2. The molecule has 0 radical (unpaired) electrons. The van der Waals surface area contributed by atoms with E-state index in [0.29, 0.717) is 5.56 Å². The molecule has 0 aliphatic rings. The number of nitrogens with zero attached hydrogens (tertiary/aromatic N) is 2. The molecular weight excluding hydrogens is 294 g/mol. The maximum absolute atomic E-state index is 12.2. The second-order valence-electron chi connectivity index (χ2n) is 4.32. The Morgan fingerprint density at radius 3 is 2.68 bits per heavy atom. The predicted octanol–water partition coefficient (Wildman–Crippen LogP) is 2.93. The maximum Gasteiger partial charge on any atom is 0.387 e. The van der Waals surface area contributed by atoms with Gasteiger partial charge >= 0.3 is 6.61 Å². The molecule has 7 heteroatoms. The van der Waals surface area contributed by atoms with Crippen molar-refractivity contribution in [3.8, 4) is 11.5 Å². The largest absolute Gasteiger partial charge is 0.493 e. The average Bonchev–Trinajstić information content (AvgIpc) is 2.90. The van der Waals surface area contributed by atoms with Crippen LogP contribution in [0, 0.1) is 0 Å². The summed E-state index contributed by atoms with van der Waals surface area (Å²) in [6, 6.07) is 5.78. The van der Waals surface area contributed by atoms with Gasteiger partial charge in [-0.05, 0) is 36.4 Å². The van der Waals surface area contributed by atoms with Crippen LogP contribution in [0.5, 0.6) is 11.5 Å². The lowest BCUT2D eigenvalue weighted by Gasteiger charge is -2.10. The summed E-state index contributed by atoms with van der Waals surface area (Å²) in [6.45, 7) is -2.96. The third-order valence-electron chi connectivity index (χ3n) is 2.93. The first-order chi connectivity index (χ1) is 10.5. The zero-order valence-electron chi connectivity index (χ0n) is 12.0. The molecule has 1 heterocycles. The number of aromatic nitrogens is 2. The first-order valence-corrected chi connectivity index (χ1v) is 6.34. The van der Waals surface area contributed by atoms with Crippen LogP contribution in [0.15, 0.2) is 36.5 Å². The topological polar surface area (TPSA) is 53.3 Å². The minimum Gasteiger partial charge on any atom is -0.493 e. The number of carbonyl (C=O) groups is 1. The molecule has 0 saturated heterocycles. The van der Waals surface area contributed by atoms with Gasteiger partial charge in [0.25, 0.3) is 0 Å². The summed E-state index contributed by atoms with van der Waals surface area (Å²) in [6.07, 6.45) is 4.61. The quantitative estimate of drug-likeness (QED) is 0.608. The standard InChI is InChI=1S/C15H14F2N2O3/c1-19-11(7-8-18-19)4-5-12(20)10-3-6-13(22-15(16)17)14(9-10)21-2/h3-9,15H,1-2H3/b5-4+. The molecule has 22 heavy (non-hydrogen) atoms. The highest BCUT2D eigenvalue weighted by Crippen LogP contribution is 2.29. The van der Waals surface area contributed by atoms with Gasteiger partial charge in [-0.25, -0.2) is 0 Å². The molecule has 116 valence electrons. The molecule has 0 aliphatic heterocycles. The van der Waals surface area contributed by atoms with Crippen molar-refractivity contribution in [2.45, 2.75) is 6.61 Å². The van der Waals surface area contributed by atoms with Crippen LogP contribution in [-0.2, 0) is 7.05 Å². The Bertz CT molecular complexity index is 696. The number of benzene rings is 1. The van der Waals surface area contributed by atoms with E-state index in [-0.39, 0.29) is 17.3 Å². The van der Waals surface area contributed by atoms with Gasteiger partial charge in [-0.3, -0.25) is 9.48 Å². The molecule has 0 aliphatic carbocycles. The number of methoxy groups -OCH3 is 1. The Morgan fingerprint density at radius 2 is 2.09 bits per heavy atom. The molecule has 5 nitrogen and oxygen atoms in total. The van der Waals surface area contributed by atoms with Gasteiger partial charge < -0.3 is 9.47 Å². The highest BCUT2D eigenvalue weighted by molar-refractivity contribution is 6.07. The van der Waals surface area contributed by atoms with Gasteiger partial charge in [0.1, 0.15) is 0 Å². The molecule has 0 amide bonds. The molecule has 1 aromatic heterocycles. The van der Waals surface area contributed by atoms with Crippen molar-refractivity contribution < 1.29 is 23.0 Å². The normalized spacial score (nSPS) is 11.1. The molecule has 0 saturated carbocycles. The van der Waals surface area contributed by atoms with E-state index in [4.69, 9.17) is 4.74 Å². The van der Waals surface area contributed by atoms with E-state index < -0.39 is 6.61 Å². The molecule has 0 unspecified atom stereocenters. The van der Waals surface area contributed by atoms with Crippen LogP contribution >= 0.6 is 0 Å². The van der Waals surface area contributed by atoms with Gasteiger partial charge in [0, 0.05) is 18.8 Å². The number of allylic oxidation sites excluding steroid dienone is 1. The predicted molar refractivity (Wildman–Crippen MR) is 76.2 cm³/mol. The first-order valence-electron chi connectivity index (χ1n) is 6.34. The van der Waals surface area contributed by atoms with Crippen LogP contribution in [0.1, 0.15) is 16.1 Å². The number of hydrogen-bond donors (Lipinski definition) is 0. The van der Waals surface area contributed by atoms with E-state index in [1.54, 1.807) is 30.1 Å². The van der Waals surface area contributed by atoms with E-state index in [9.17, 15) is 13.6 Å². The number of ether oxygens (including phenoxy) is 2. The lowest BCUT2D eigenvalue weighted by atomic mass is 10.1. The number of alkyl halides is 2. The first kappa shape index (κ1) is 15.7. The van der Waals surface area contributed by atoms with Crippen molar-refractivity contribution in [1.29, 1.82) is 0 Å². The molecule has 0 spiro atoms. The van der Waals surface area contributed by atoms with Crippen molar-refractivity contribution in [2.24, 2.45) is 7.05 Å². The van der Waals surface area contributed by atoms with Crippen LogP contribution in [0.4, 0.5) is 8.78 Å². The van der Waals surface area contributed by atoms with Crippen molar-refractivity contribution in [3.05, 3.63) is 47.8 Å². The lowest BCUT2D eigenvalue weighted by molar-refractivity contribution is -0.0512. The Morgan fingerprint density at radius 1 is 1.32 bits per heavy atom. The molecule has 1 aromatic carbocycles. The number of rotatable bonds is 6. The fourth-order valence-electron chi connectivity index (χ4n) is 1.82. The summed E-state index contributed by atoms with van der Waals surface area (Å²) in [5.41, 5.74) is 1.06. The minimum absolute atomic E-state index is 0.0695. The van der Waals surface area contributed by atoms with E-state index in [2.05, 4.69) is 9.84 Å². The summed E-state index contributed by atoms with van der Waals surface area (Å²) >= 11 is 0. The second kappa shape index (κ2) is 6.84. The van der Waals surface area contributed by atoms with Crippen molar-refractivity contribution in [1.82, 2.24) is 9.78 Å². The maximum atomic E-state index is 12.2. The minimum atomic E-state index is -2.96. The summed E-state index contributed by atoms with van der Waals surface area (Å²) in [4.78, 5) is 12.1. The van der Waals surface area contributed by atoms with Gasteiger partial charge in [-0.1, -0.05) is 0 Å². The van der Waals surface area contributed by atoms with Crippen molar-refractivity contribution >= 4 is 11.9 Å². The van der Waals surface area contributed by atoms with Gasteiger partial charge in [0.2, 0.25) is 0 Å². The van der Waals surface area contributed by atoms with E-state index >= 15 is 0 Å². The number of hydrogen-bond acceptors (Lipinski definition) is 4. The van der Waals surface area contributed by atoms with E-state index in [1.807, 2.05) is 0 Å². The van der Waals surface area contributed by atoms with Crippen LogP contribution in [0.25, 0.3) is 6.08 Å². The van der Waals surface area contributed by atoms with Crippen LogP contribution in [0.2, 0.25) is 0 Å². The highest BCUT2D eigenvalue weighted by Gasteiger charge is 2.13. The lowest BCUT2D eigenvalue weighted by Crippen LogP contribution is -2.04. The fraction of sp³-hybridized carbons (Fsp3) is 0.200. The van der Waals surface area contributed by atoms with Gasteiger partial charge in [0.05, 0.1) is 12.8 Å².